The van der Waals surface area contributed by atoms with Gasteiger partial charge in [-0.25, -0.2) is 0 Å². The number of aliphatic hydroxyl groups is 2. The van der Waals surface area contributed by atoms with Crippen LogP contribution >= 0.6 is 22.6 Å². The molecule has 84 valence electrons. The van der Waals surface area contributed by atoms with Crippen molar-refractivity contribution in [3.63, 3.8) is 0 Å². The topological polar surface area (TPSA) is 61.7 Å². The van der Waals surface area contributed by atoms with Gasteiger partial charge >= 0.3 is 0 Å². The van der Waals surface area contributed by atoms with E-state index in [1.54, 1.807) is 7.11 Å². The molecule has 0 heterocycles. The Bertz CT molecular complexity index is 320. The highest BCUT2D eigenvalue weighted by molar-refractivity contribution is 14.1. The van der Waals surface area contributed by atoms with E-state index in [9.17, 15) is 5.11 Å². The molecule has 1 aromatic rings. The molecule has 0 radical (unpaired) electrons. The molecule has 0 spiro atoms. The number of hydrogen-bond acceptors (Lipinski definition) is 4. The first-order valence-electron chi connectivity index (χ1n) is 4.53. The van der Waals surface area contributed by atoms with Crippen molar-refractivity contribution in [2.45, 2.75) is 6.10 Å². The SMILES string of the molecule is COc1ccc(NCC(O)CO)c(I)c1. The van der Waals surface area contributed by atoms with E-state index < -0.39 is 6.10 Å². The molecule has 0 saturated heterocycles. The summed E-state index contributed by atoms with van der Waals surface area (Å²) in [6.07, 6.45) is -0.733. The molecular weight excluding hydrogens is 309 g/mol. The third-order valence-corrected chi connectivity index (χ3v) is 2.81. The van der Waals surface area contributed by atoms with Gasteiger partial charge in [0, 0.05) is 15.8 Å². The summed E-state index contributed by atoms with van der Waals surface area (Å²) in [5.74, 6) is 0.799. The molecule has 1 atom stereocenters. The third-order valence-electron chi connectivity index (χ3n) is 1.92. The Morgan fingerprint density at radius 3 is 2.80 bits per heavy atom. The quantitative estimate of drug-likeness (QED) is 0.710. The first kappa shape index (κ1) is 12.5. The van der Waals surface area contributed by atoms with Crippen molar-refractivity contribution in [3.05, 3.63) is 21.8 Å². The molecule has 1 aromatic carbocycles. The Balaban J connectivity index is 2.62. The maximum absolute atomic E-state index is 9.17. The van der Waals surface area contributed by atoms with Gasteiger partial charge in [0.2, 0.25) is 0 Å². The predicted octanol–water partition coefficient (Wildman–Crippen LogP) is 1.06. The van der Waals surface area contributed by atoms with Crippen molar-refractivity contribution in [1.29, 1.82) is 0 Å². The van der Waals surface area contributed by atoms with Crippen molar-refractivity contribution < 1.29 is 14.9 Å². The third kappa shape index (κ3) is 3.84. The number of anilines is 1. The van der Waals surface area contributed by atoms with E-state index in [0.29, 0.717) is 6.54 Å². The van der Waals surface area contributed by atoms with E-state index in [-0.39, 0.29) is 6.61 Å². The largest absolute Gasteiger partial charge is 0.497 e. The molecule has 15 heavy (non-hydrogen) atoms. The van der Waals surface area contributed by atoms with E-state index >= 15 is 0 Å². The molecular formula is C10H14INO3. The van der Waals surface area contributed by atoms with E-state index in [2.05, 4.69) is 27.9 Å². The molecule has 1 unspecified atom stereocenters. The monoisotopic (exact) mass is 323 g/mol. The Kier molecular flexibility index (Phi) is 5.13. The minimum atomic E-state index is -0.733. The molecule has 0 aliphatic carbocycles. The number of hydrogen-bond donors (Lipinski definition) is 3. The number of halogens is 1. The lowest BCUT2D eigenvalue weighted by Gasteiger charge is -2.12. The predicted molar refractivity (Wildman–Crippen MR) is 67.3 cm³/mol. The van der Waals surface area contributed by atoms with Gasteiger partial charge in [0.05, 0.1) is 19.8 Å². The van der Waals surface area contributed by atoms with Gasteiger partial charge in [-0.1, -0.05) is 0 Å². The van der Waals surface area contributed by atoms with Gasteiger partial charge in [-0.3, -0.25) is 0 Å². The smallest absolute Gasteiger partial charge is 0.120 e. The second-order valence-electron chi connectivity index (χ2n) is 3.06. The van der Waals surface area contributed by atoms with Crippen LogP contribution in [0.1, 0.15) is 0 Å². The molecule has 0 aromatic heterocycles. The number of benzene rings is 1. The molecule has 0 fully saturated rings. The van der Waals surface area contributed by atoms with Crippen LogP contribution in [0.4, 0.5) is 5.69 Å². The second kappa shape index (κ2) is 6.14. The number of aliphatic hydroxyl groups excluding tert-OH is 2. The summed E-state index contributed by atoms with van der Waals surface area (Å²) in [4.78, 5) is 0. The highest BCUT2D eigenvalue weighted by Gasteiger charge is 2.04. The van der Waals surface area contributed by atoms with Gasteiger partial charge in [-0.05, 0) is 40.8 Å². The zero-order valence-corrected chi connectivity index (χ0v) is 10.6. The van der Waals surface area contributed by atoms with E-state index in [1.165, 1.54) is 0 Å². The van der Waals surface area contributed by atoms with Gasteiger partial charge in [-0.2, -0.15) is 0 Å². The lowest BCUT2D eigenvalue weighted by atomic mass is 10.3. The lowest BCUT2D eigenvalue weighted by molar-refractivity contribution is 0.105. The average molecular weight is 323 g/mol. The van der Waals surface area contributed by atoms with Gasteiger partial charge in [0.1, 0.15) is 5.75 Å². The van der Waals surface area contributed by atoms with Crippen LogP contribution in [0.3, 0.4) is 0 Å². The van der Waals surface area contributed by atoms with Crippen molar-refractivity contribution in [1.82, 2.24) is 0 Å². The highest BCUT2D eigenvalue weighted by atomic mass is 127. The number of rotatable bonds is 5. The zero-order chi connectivity index (χ0) is 11.3. The van der Waals surface area contributed by atoms with Crippen molar-refractivity contribution in [2.75, 3.05) is 25.6 Å². The average Bonchev–Trinajstić information content (AvgIpc) is 2.26. The normalized spacial score (nSPS) is 12.3. The van der Waals surface area contributed by atoms with E-state index in [0.717, 1.165) is 15.0 Å². The van der Waals surface area contributed by atoms with Crippen LogP contribution in [0.25, 0.3) is 0 Å². The van der Waals surface area contributed by atoms with Gasteiger partial charge < -0.3 is 20.3 Å². The van der Waals surface area contributed by atoms with Crippen molar-refractivity contribution in [2.24, 2.45) is 0 Å². The first-order valence-corrected chi connectivity index (χ1v) is 5.61. The number of methoxy groups -OCH3 is 1. The molecule has 0 bridgehead atoms. The van der Waals surface area contributed by atoms with Crippen molar-refractivity contribution in [3.8, 4) is 5.75 Å². The fourth-order valence-electron chi connectivity index (χ4n) is 1.06. The van der Waals surface area contributed by atoms with Gasteiger partial charge in [0.25, 0.3) is 0 Å². The molecule has 0 saturated carbocycles. The Hall–Kier alpha value is -0.530. The molecule has 1 rings (SSSR count). The second-order valence-corrected chi connectivity index (χ2v) is 4.23. The van der Waals surface area contributed by atoms with Gasteiger partial charge in [-0.15, -0.1) is 0 Å². The summed E-state index contributed by atoms with van der Waals surface area (Å²) >= 11 is 2.18. The number of ether oxygens (including phenoxy) is 1. The van der Waals surface area contributed by atoms with Crippen LogP contribution in [0, 0.1) is 3.57 Å². The van der Waals surface area contributed by atoms with Crippen molar-refractivity contribution >= 4 is 28.3 Å². The summed E-state index contributed by atoms with van der Waals surface area (Å²) in [5, 5.41) is 20.9. The van der Waals surface area contributed by atoms with E-state index in [4.69, 9.17) is 9.84 Å². The molecule has 0 amide bonds. The minimum Gasteiger partial charge on any atom is -0.497 e. The fourth-order valence-corrected chi connectivity index (χ4v) is 1.74. The standard InChI is InChI=1S/C10H14INO3/c1-15-8-2-3-10(9(11)4-8)12-5-7(14)6-13/h2-4,7,12-14H,5-6H2,1H3. The summed E-state index contributed by atoms with van der Waals surface area (Å²) in [7, 11) is 1.62. The first-order chi connectivity index (χ1) is 7.17. The molecule has 5 heteroatoms. The van der Waals surface area contributed by atoms with Crippen LogP contribution in [-0.2, 0) is 0 Å². The molecule has 0 aliphatic heterocycles. The van der Waals surface area contributed by atoms with Gasteiger partial charge in [0.15, 0.2) is 0 Å². The van der Waals surface area contributed by atoms with Crippen LogP contribution in [-0.4, -0.2) is 36.6 Å². The maximum atomic E-state index is 9.17. The Morgan fingerprint density at radius 1 is 1.53 bits per heavy atom. The van der Waals surface area contributed by atoms with E-state index in [1.807, 2.05) is 18.2 Å². The molecule has 4 nitrogen and oxygen atoms in total. The summed E-state index contributed by atoms with van der Waals surface area (Å²) < 4.78 is 6.09. The van der Waals surface area contributed by atoms with Crippen LogP contribution in [0.15, 0.2) is 18.2 Å². The summed E-state index contributed by atoms with van der Waals surface area (Å²) in [6, 6.07) is 5.62. The van der Waals surface area contributed by atoms with Crippen LogP contribution < -0.4 is 10.1 Å². The molecule has 0 aliphatic rings. The highest BCUT2D eigenvalue weighted by Crippen LogP contribution is 2.23. The van der Waals surface area contributed by atoms with Crippen LogP contribution in [0.5, 0.6) is 5.75 Å². The zero-order valence-electron chi connectivity index (χ0n) is 8.40. The molecule has 3 N–H and O–H groups in total. The lowest BCUT2D eigenvalue weighted by Crippen LogP contribution is -2.23. The summed E-state index contributed by atoms with van der Waals surface area (Å²) in [6.45, 7) is 0.0958. The number of nitrogens with one attached hydrogen (secondary N) is 1. The fraction of sp³-hybridized carbons (Fsp3) is 0.400. The minimum absolute atomic E-state index is 0.236. The summed E-state index contributed by atoms with van der Waals surface area (Å²) in [5.41, 5.74) is 0.920. The Labute approximate surface area is 102 Å². The Morgan fingerprint density at radius 2 is 2.27 bits per heavy atom. The maximum Gasteiger partial charge on any atom is 0.120 e. The van der Waals surface area contributed by atoms with Crippen LogP contribution in [0.2, 0.25) is 0 Å².